The topological polar surface area (TPSA) is 3.24 Å². The molecule has 1 nitrogen and oxygen atoms in total. The zero-order chi connectivity index (χ0) is 7.84. The number of hydrogen-bond acceptors (Lipinski definition) is 1. The van der Waals surface area contributed by atoms with Crippen LogP contribution in [0.5, 0.6) is 0 Å². The van der Waals surface area contributed by atoms with Crippen molar-refractivity contribution in [1.82, 2.24) is 4.90 Å². The second kappa shape index (κ2) is 2.78. The number of nitrogens with zero attached hydrogens (tertiary/aromatic N) is 1. The van der Waals surface area contributed by atoms with E-state index in [1.165, 1.54) is 32.4 Å². The van der Waals surface area contributed by atoms with Gasteiger partial charge in [0.15, 0.2) is 0 Å². The molecule has 64 valence electrons. The van der Waals surface area contributed by atoms with E-state index in [1.54, 1.807) is 0 Å². The summed E-state index contributed by atoms with van der Waals surface area (Å²) in [6.45, 7) is 7.49. The summed E-state index contributed by atoms with van der Waals surface area (Å²) in [6, 6.07) is 0.983. The van der Waals surface area contributed by atoms with Crippen LogP contribution >= 0.6 is 0 Å². The number of rotatable bonds is 2. The Hall–Kier alpha value is -0.0400. The van der Waals surface area contributed by atoms with E-state index >= 15 is 0 Å². The van der Waals surface area contributed by atoms with E-state index in [2.05, 4.69) is 18.7 Å². The van der Waals surface area contributed by atoms with Crippen LogP contribution in [0.2, 0.25) is 0 Å². The van der Waals surface area contributed by atoms with E-state index in [0.29, 0.717) is 0 Å². The summed E-state index contributed by atoms with van der Waals surface area (Å²) in [7, 11) is 0. The fourth-order valence-corrected chi connectivity index (χ4v) is 2.18. The first-order valence-corrected chi connectivity index (χ1v) is 5.01. The molecule has 0 aromatic carbocycles. The van der Waals surface area contributed by atoms with Crippen molar-refractivity contribution in [2.75, 3.05) is 13.1 Å². The van der Waals surface area contributed by atoms with Gasteiger partial charge < -0.3 is 4.90 Å². The molecule has 1 saturated carbocycles. The number of likely N-dealkylation sites (tertiary alicyclic amines) is 1. The highest BCUT2D eigenvalue weighted by molar-refractivity contribution is 4.91. The van der Waals surface area contributed by atoms with Crippen LogP contribution in [0.25, 0.3) is 0 Å². The number of hydrogen-bond donors (Lipinski definition) is 0. The third-order valence-electron chi connectivity index (χ3n) is 3.50. The molecule has 2 rings (SSSR count). The molecule has 0 N–H and O–H groups in total. The molecule has 0 atom stereocenters. The van der Waals surface area contributed by atoms with E-state index in [9.17, 15) is 0 Å². The summed E-state index contributed by atoms with van der Waals surface area (Å²) in [5, 5.41) is 0. The van der Waals surface area contributed by atoms with Crippen LogP contribution in [-0.2, 0) is 0 Å². The smallest absolute Gasteiger partial charge is 0.0101 e. The zero-order valence-corrected chi connectivity index (χ0v) is 7.71. The predicted molar refractivity (Wildman–Crippen MR) is 47.5 cm³/mol. The van der Waals surface area contributed by atoms with E-state index in [4.69, 9.17) is 0 Å². The SMILES string of the molecule is CC(C)C1CC(N2CCC2)C1. The van der Waals surface area contributed by atoms with Gasteiger partial charge >= 0.3 is 0 Å². The lowest BCUT2D eigenvalue weighted by molar-refractivity contribution is 0.0158. The summed E-state index contributed by atoms with van der Waals surface area (Å²) in [5.41, 5.74) is 0. The van der Waals surface area contributed by atoms with Gasteiger partial charge in [-0.05, 0) is 44.2 Å². The molecule has 0 aromatic rings. The average Bonchev–Trinajstić information content (AvgIpc) is 1.70. The quantitative estimate of drug-likeness (QED) is 0.587. The second-order valence-electron chi connectivity index (χ2n) is 4.52. The minimum atomic E-state index is 0.924. The van der Waals surface area contributed by atoms with E-state index < -0.39 is 0 Å². The summed E-state index contributed by atoms with van der Waals surface area (Å²) >= 11 is 0. The largest absolute Gasteiger partial charge is 0.300 e. The maximum absolute atomic E-state index is 2.65. The zero-order valence-electron chi connectivity index (χ0n) is 7.71. The molecule has 0 amide bonds. The molecule has 0 radical (unpaired) electrons. The van der Waals surface area contributed by atoms with Crippen LogP contribution in [0.4, 0.5) is 0 Å². The predicted octanol–water partition coefficient (Wildman–Crippen LogP) is 2.13. The molecule has 0 aromatic heterocycles. The first kappa shape index (κ1) is 7.60. The summed E-state index contributed by atoms with van der Waals surface area (Å²) < 4.78 is 0. The lowest BCUT2D eigenvalue weighted by Crippen LogP contribution is -2.52. The molecule has 0 spiro atoms. The minimum Gasteiger partial charge on any atom is -0.300 e. The Bertz CT molecular complexity index is 132. The Labute approximate surface area is 69.8 Å². The lowest BCUT2D eigenvalue weighted by Gasteiger charge is -2.48. The second-order valence-corrected chi connectivity index (χ2v) is 4.52. The van der Waals surface area contributed by atoms with Gasteiger partial charge in [-0.25, -0.2) is 0 Å². The van der Waals surface area contributed by atoms with Crippen LogP contribution in [0.3, 0.4) is 0 Å². The standard InChI is InChI=1S/C10H19N/c1-8(2)9-6-10(7-9)11-4-3-5-11/h8-10H,3-7H2,1-2H3. The maximum Gasteiger partial charge on any atom is 0.0101 e. The molecule has 1 aliphatic heterocycles. The molecule has 1 saturated heterocycles. The van der Waals surface area contributed by atoms with Crippen molar-refractivity contribution in [3.63, 3.8) is 0 Å². The van der Waals surface area contributed by atoms with Crippen molar-refractivity contribution in [1.29, 1.82) is 0 Å². The molecular formula is C10H19N. The molecule has 11 heavy (non-hydrogen) atoms. The maximum atomic E-state index is 2.65. The van der Waals surface area contributed by atoms with Gasteiger partial charge in [0, 0.05) is 6.04 Å². The fourth-order valence-electron chi connectivity index (χ4n) is 2.18. The highest BCUT2D eigenvalue weighted by atomic mass is 15.2. The Morgan fingerprint density at radius 1 is 1.18 bits per heavy atom. The molecule has 0 bridgehead atoms. The van der Waals surface area contributed by atoms with Crippen LogP contribution < -0.4 is 0 Å². The van der Waals surface area contributed by atoms with Crippen molar-refractivity contribution in [3.05, 3.63) is 0 Å². The molecule has 1 heteroatoms. The third-order valence-corrected chi connectivity index (χ3v) is 3.50. The molecule has 1 aliphatic carbocycles. The highest BCUT2D eigenvalue weighted by Crippen LogP contribution is 2.38. The van der Waals surface area contributed by atoms with Gasteiger partial charge in [-0.2, -0.15) is 0 Å². The Kier molecular flexibility index (Phi) is 1.92. The van der Waals surface area contributed by atoms with Crippen molar-refractivity contribution in [2.24, 2.45) is 11.8 Å². The van der Waals surface area contributed by atoms with Crippen molar-refractivity contribution in [2.45, 2.75) is 39.2 Å². The normalized spacial score (nSPS) is 38.5. The van der Waals surface area contributed by atoms with Gasteiger partial charge in [0.1, 0.15) is 0 Å². The third kappa shape index (κ3) is 1.31. The average molecular weight is 153 g/mol. The van der Waals surface area contributed by atoms with Gasteiger partial charge in [-0.15, -0.1) is 0 Å². The molecular weight excluding hydrogens is 134 g/mol. The van der Waals surface area contributed by atoms with Gasteiger partial charge in [-0.1, -0.05) is 13.8 Å². The first-order chi connectivity index (χ1) is 5.27. The Morgan fingerprint density at radius 2 is 1.82 bits per heavy atom. The Morgan fingerprint density at radius 3 is 2.18 bits per heavy atom. The van der Waals surface area contributed by atoms with Crippen LogP contribution in [0.1, 0.15) is 33.1 Å². The van der Waals surface area contributed by atoms with E-state index in [0.717, 1.165) is 17.9 Å². The Balaban J connectivity index is 1.70. The van der Waals surface area contributed by atoms with Crippen LogP contribution in [0.15, 0.2) is 0 Å². The summed E-state index contributed by atoms with van der Waals surface area (Å²) in [6.07, 6.45) is 4.41. The summed E-state index contributed by atoms with van der Waals surface area (Å²) in [5.74, 6) is 1.97. The minimum absolute atomic E-state index is 0.924. The van der Waals surface area contributed by atoms with Crippen molar-refractivity contribution >= 4 is 0 Å². The van der Waals surface area contributed by atoms with Crippen LogP contribution in [-0.4, -0.2) is 24.0 Å². The molecule has 2 aliphatic rings. The van der Waals surface area contributed by atoms with Gasteiger partial charge in [-0.3, -0.25) is 0 Å². The van der Waals surface area contributed by atoms with Crippen molar-refractivity contribution < 1.29 is 0 Å². The molecule has 1 heterocycles. The van der Waals surface area contributed by atoms with Gasteiger partial charge in [0.2, 0.25) is 0 Å². The van der Waals surface area contributed by atoms with Gasteiger partial charge in [0.25, 0.3) is 0 Å². The molecule has 0 unspecified atom stereocenters. The monoisotopic (exact) mass is 153 g/mol. The molecule has 2 fully saturated rings. The summed E-state index contributed by atoms with van der Waals surface area (Å²) in [4.78, 5) is 2.65. The lowest BCUT2D eigenvalue weighted by atomic mass is 9.72. The van der Waals surface area contributed by atoms with Gasteiger partial charge in [0.05, 0.1) is 0 Å². The first-order valence-electron chi connectivity index (χ1n) is 5.01. The highest BCUT2D eigenvalue weighted by Gasteiger charge is 2.36. The van der Waals surface area contributed by atoms with Crippen LogP contribution in [0, 0.1) is 11.8 Å². The fraction of sp³-hybridized carbons (Fsp3) is 1.00. The van der Waals surface area contributed by atoms with E-state index in [-0.39, 0.29) is 0 Å². The van der Waals surface area contributed by atoms with E-state index in [1.807, 2.05) is 0 Å². The van der Waals surface area contributed by atoms with Crippen molar-refractivity contribution in [3.8, 4) is 0 Å².